The van der Waals surface area contributed by atoms with E-state index in [2.05, 4.69) is 19.7 Å². The van der Waals surface area contributed by atoms with Crippen molar-refractivity contribution < 1.29 is 0 Å². The van der Waals surface area contributed by atoms with E-state index in [4.69, 9.17) is 5.73 Å². The molecule has 2 heterocycles. The van der Waals surface area contributed by atoms with Gasteiger partial charge in [0.2, 0.25) is 0 Å². The lowest BCUT2D eigenvalue weighted by molar-refractivity contribution is 0.746. The predicted octanol–water partition coefficient (Wildman–Crippen LogP) is 1.26. The Hall–Kier alpha value is -1.91. The molecule has 0 atom stereocenters. The Balaban J connectivity index is 2.07. The molecule has 1 aliphatic rings. The normalized spacial score (nSPS) is 15.5. The summed E-state index contributed by atoms with van der Waals surface area (Å²) in [5, 5.41) is 8.06. The van der Waals surface area contributed by atoms with Crippen molar-refractivity contribution in [3.05, 3.63) is 24.7 Å². The van der Waals surface area contributed by atoms with Crippen LogP contribution >= 0.6 is 0 Å². The minimum atomic E-state index is 0.512. The molecule has 0 aliphatic heterocycles. The third kappa shape index (κ3) is 1.45. The maximum Gasteiger partial charge on any atom is 0.164 e. The fraction of sp³-hybridized carbons (Fsp3) is 0.300. The lowest BCUT2D eigenvalue weighted by Crippen LogP contribution is -1.97. The first-order valence-electron chi connectivity index (χ1n) is 4.96. The minimum Gasteiger partial charge on any atom is -0.384 e. The maximum atomic E-state index is 5.64. The second kappa shape index (κ2) is 3.05. The molecule has 0 saturated heterocycles. The van der Waals surface area contributed by atoms with E-state index in [1.54, 1.807) is 12.5 Å². The SMILES string of the molecule is Nc1cc(-c2nncn2C2CC2)ccn1. The Kier molecular flexibility index (Phi) is 1.71. The van der Waals surface area contributed by atoms with Crippen molar-refractivity contribution in [3.8, 4) is 11.4 Å². The summed E-state index contributed by atoms with van der Waals surface area (Å²) in [4.78, 5) is 3.96. The number of pyridine rings is 1. The van der Waals surface area contributed by atoms with E-state index >= 15 is 0 Å². The minimum absolute atomic E-state index is 0.512. The van der Waals surface area contributed by atoms with E-state index in [-0.39, 0.29) is 0 Å². The van der Waals surface area contributed by atoms with Crippen LogP contribution in [0.5, 0.6) is 0 Å². The first kappa shape index (κ1) is 8.40. The van der Waals surface area contributed by atoms with Crippen LogP contribution in [0.3, 0.4) is 0 Å². The van der Waals surface area contributed by atoms with Gasteiger partial charge in [0.05, 0.1) is 0 Å². The molecule has 0 amide bonds. The molecular weight excluding hydrogens is 190 g/mol. The summed E-state index contributed by atoms with van der Waals surface area (Å²) in [7, 11) is 0. The van der Waals surface area contributed by atoms with Gasteiger partial charge in [-0.25, -0.2) is 4.98 Å². The Bertz CT molecular complexity index is 486. The second-order valence-electron chi connectivity index (χ2n) is 3.76. The average Bonchev–Trinajstić information content (AvgIpc) is 2.96. The van der Waals surface area contributed by atoms with Gasteiger partial charge in [0.1, 0.15) is 12.1 Å². The van der Waals surface area contributed by atoms with Crippen molar-refractivity contribution in [2.24, 2.45) is 0 Å². The van der Waals surface area contributed by atoms with Crippen LogP contribution in [0.4, 0.5) is 5.82 Å². The summed E-state index contributed by atoms with van der Waals surface area (Å²) in [6.07, 6.45) is 5.90. The summed E-state index contributed by atoms with van der Waals surface area (Å²) in [6.45, 7) is 0. The molecule has 0 unspecified atom stereocenters. The number of nitrogen functional groups attached to an aromatic ring is 1. The van der Waals surface area contributed by atoms with Crippen molar-refractivity contribution in [2.45, 2.75) is 18.9 Å². The molecule has 2 aromatic rings. The molecule has 1 fully saturated rings. The Morgan fingerprint density at radius 1 is 1.40 bits per heavy atom. The van der Waals surface area contributed by atoms with Crippen molar-refractivity contribution >= 4 is 5.82 Å². The van der Waals surface area contributed by atoms with Crippen molar-refractivity contribution in [1.82, 2.24) is 19.7 Å². The quantitative estimate of drug-likeness (QED) is 0.794. The number of hydrogen-bond donors (Lipinski definition) is 1. The highest BCUT2D eigenvalue weighted by atomic mass is 15.3. The number of nitrogens with zero attached hydrogens (tertiary/aromatic N) is 4. The highest BCUT2D eigenvalue weighted by Gasteiger charge is 2.26. The van der Waals surface area contributed by atoms with E-state index in [1.165, 1.54) is 12.8 Å². The third-order valence-electron chi connectivity index (χ3n) is 2.55. The van der Waals surface area contributed by atoms with Crippen LogP contribution in [0.25, 0.3) is 11.4 Å². The maximum absolute atomic E-state index is 5.64. The van der Waals surface area contributed by atoms with E-state index in [9.17, 15) is 0 Å². The lowest BCUT2D eigenvalue weighted by Gasteiger charge is -2.04. The first-order chi connectivity index (χ1) is 7.34. The monoisotopic (exact) mass is 201 g/mol. The van der Waals surface area contributed by atoms with Gasteiger partial charge in [-0.05, 0) is 25.0 Å². The van der Waals surface area contributed by atoms with Crippen LogP contribution in [0.2, 0.25) is 0 Å². The fourth-order valence-corrected chi connectivity index (χ4v) is 1.66. The van der Waals surface area contributed by atoms with Gasteiger partial charge in [-0.1, -0.05) is 0 Å². The fourth-order valence-electron chi connectivity index (χ4n) is 1.66. The molecule has 0 bridgehead atoms. The summed E-state index contributed by atoms with van der Waals surface area (Å²) in [5.74, 6) is 1.39. The lowest BCUT2D eigenvalue weighted by atomic mass is 10.2. The van der Waals surface area contributed by atoms with Crippen molar-refractivity contribution in [2.75, 3.05) is 5.73 Å². The van der Waals surface area contributed by atoms with Gasteiger partial charge >= 0.3 is 0 Å². The Labute approximate surface area is 87.0 Å². The van der Waals surface area contributed by atoms with Crippen LogP contribution in [0.1, 0.15) is 18.9 Å². The molecule has 5 nitrogen and oxygen atoms in total. The van der Waals surface area contributed by atoms with Gasteiger partial charge < -0.3 is 10.3 Å². The molecule has 0 spiro atoms. The van der Waals surface area contributed by atoms with Crippen LogP contribution in [-0.4, -0.2) is 19.7 Å². The molecule has 1 aliphatic carbocycles. The van der Waals surface area contributed by atoms with Gasteiger partial charge in [-0.3, -0.25) is 0 Å². The zero-order chi connectivity index (χ0) is 10.3. The molecule has 2 aromatic heterocycles. The van der Waals surface area contributed by atoms with E-state index < -0.39 is 0 Å². The van der Waals surface area contributed by atoms with Crippen LogP contribution in [-0.2, 0) is 0 Å². The number of rotatable bonds is 2. The summed E-state index contributed by atoms with van der Waals surface area (Å²) in [6, 6.07) is 4.30. The molecule has 5 heteroatoms. The summed E-state index contributed by atoms with van der Waals surface area (Å²) in [5.41, 5.74) is 6.62. The summed E-state index contributed by atoms with van der Waals surface area (Å²) < 4.78 is 2.11. The van der Waals surface area contributed by atoms with Gasteiger partial charge in [-0.2, -0.15) is 0 Å². The predicted molar refractivity (Wildman–Crippen MR) is 55.9 cm³/mol. The van der Waals surface area contributed by atoms with Crippen LogP contribution in [0, 0.1) is 0 Å². The zero-order valence-corrected chi connectivity index (χ0v) is 8.17. The van der Waals surface area contributed by atoms with E-state index in [0.717, 1.165) is 11.4 Å². The molecule has 2 N–H and O–H groups in total. The second-order valence-corrected chi connectivity index (χ2v) is 3.76. The van der Waals surface area contributed by atoms with Crippen molar-refractivity contribution in [1.29, 1.82) is 0 Å². The Morgan fingerprint density at radius 3 is 3.00 bits per heavy atom. The van der Waals surface area contributed by atoms with Gasteiger partial charge in [0.15, 0.2) is 5.82 Å². The van der Waals surface area contributed by atoms with Gasteiger partial charge in [0, 0.05) is 17.8 Å². The van der Waals surface area contributed by atoms with Crippen LogP contribution < -0.4 is 5.73 Å². The molecule has 1 saturated carbocycles. The first-order valence-corrected chi connectivity index (χ1v) is 4.96. The van der Waals surface area contributed by atoms with Gasteiger partial charge in [0.25, 0.3) is 0 Å². The standard InChI is InChI=1S/C10H11N5/c11-9-5-7(3-4-12-9)10-14-13-6-15(10)8-1-2-8/h3-6,8H,1-2H2,(H2,11,12). The third-order valence-corrected chi connectivity index (χ3v) is 2.55. The largest absolute Gasteiger partial charge is 0.384 e. The molecule has 3 rings (SSSR count). The molecule has 0 radical (unpaired) electrons. The average molecular weight is 201 g/mol. The number of aromatic nitrogens is 4. The molecular formula is C10H11N5. The summed E-state index contributed by atoms with van der Waals surface area (Å²) >= 11 is 0. The highest BCUT2D eigenvalue weighted by molar-refractivity contribution is 5.58. The van der Waals surface area contributed by atoms with Crippen molar-refractivity contribution in [3.63, 3.8) is 0 Å². The topological polar surface area (TPSA) is 69.6 Å². The molecule has 15 heavy (non-hydrogen) atoms. The van der Waals surface area contributed by atoms with Crippen LogP contribution in [0.15, 0.2) is 24.7 Å². The highest BCUT2D eigenvalue weighted by Crippen LogP contribution is 2.37. The van der Waals surface area contributed by atoms with E-state index in [1.807, 2.05) is 12.1 Å². The Morgan fingerprint density at radius 2 is 2.27 bits per heavy atom. The smallest absolute Gasteiger partial charge is 0.164 e. The molecule has 76 valence electrons. The number of nitrogens with two attached hydrogens (primary N) is 1. The number of hydrogen-bond acceptors (Lipinski definition) is 4. The zero-order valence-electron chi connectivity index (χ0n) is 8.17. The molecule has 0 aromatic carbocycles. The van der Waals surface area contributed by atoms with E-state index in [0.29, 0.717) is 11.9 Å². The number of anilines is 1. The van der Waals surface area contributed by atoms with Gasteiger partial charge in [-0.15, -0.1) is 10.2 Å².